The van der Waals surface area contributed by atoms with Crippen LogP contribution >= 0.6 is 0 Å². The number of nitrogens with one attached hydrogen (secondary N) is 2. The minimum Gasteiger partial charge on any atom is -0.494 e. The highest BCUT2D eigenvalue weighted by atomic mass is 16.5. The number of Topliss-reactive ketones (excluding diaryl/α,β-unsaturated/α-hetero) is 1. The lowest BCUT2D eigenvalue weighted by Gasteiger charge is -2.11. The number of para-hydroxylation sites is 1. The van der Waals surface area contributed by atoms with Crippen molar-refractivity contribution in [1.82, 2.24) is 5.32 Å². The topological polar surface area (TPSA) is 84.5 Å². The Morgan fingerprint density at radius 2 is 1.52 bits per heavy atom. The van der Waals surface area contributed by atoms with Crippen molar-refractivity contribution in [1.29, 1.82) is 0 Å². The summed E-state index contributed by atoms with van der Waals surface area (Å²) in [7, 11) is 0. The first-order valence-electron chi connectivity index (χ1n) is 11.0. The van der Waals surface area contributed by atoms with Crippen molar-refractivity contribution in [2.75, 3.05) is 18.5 Å². The fraction of sp³-hybridized carbons (Fsp3) is 0.222. The molecule has 0 aliphatic heterocycles. The van der Waals surface area contributed by atoms with Gasteiger partial charge in [-0.15, -0.1) is 0 Å². The number of ether oxygens (including phenoxy) is 1. The molecule has 3 aromatic carbocycles. The van der Waals surface area contributed by atoms with E-state index in [1.165, 1.54) is 0 Å². The maximum Gasteiger partial charge on any atom is 0.253 e. The summed E-state index contributed by atoms with van der Waals surface area (Å²) in [6.45, 7) is 2.94. The van der Waals surface area contributed by atoms with Crippen LogP contribution in [0, 0.1) is 0 Å². The minimum atomic E-state index is -0.321. The maximum absolute atomic E-state index is 12.6. The molecule has 3 rings (SSSR count). The van der Waals surface area contributed by atoms with E-state index in [0.29, 0.717) is 35.7 Å². The molecule has 0 spiro atoms. The van der Waals surface area contributed by atoms with Crippen LogP contribution in [0.1, 0.15) is 46.0 Å². The average Bonchev–Trinajstić information content (AvgIpc) is 2.84. The summed E-state index contributed by atoms with van der Waals surface area (Å²) in [5.41, 5.74) is 2.48. The lowest BCUT2D eigenvalue weighted by atomic mass is 10.1. The van der Waals surface area contributed by atoms with E-state index in [0.717, 1.165) is 12.0 Å². The third-order valence-corrected chi connectivity index (χ3v) is 5.05. The van der Waals surface area contributed by atoms with Gasteiger partial charge in [-0.05, 0) is 55.3 Å². The van der Waals surface area contributed by atoms with Gasteiger partial charge in [0.15, 0.2) is 5.78 Å². The summed E-state index contributed by atoms with van der Waals surface area (Å²) < 4.78 is 5.37. The SMILES string of the molecule is CCOc1ccc(C(=O)CCC(=O)Nc2ccccc2C(=O)NCCc2ccccc2)cc1. The van der Waals surface area contributed by atoms with E-state index in [4.69, 9.17) is 4.74 Å². The van der Waals surface area contributed by atoms with Gasteiger partial charge in [0.2, 0.25) is 5.91 Å². The second kappa shape index (κ2) is 12.2. The Hall–Kier alpha value is -3.93. The largest absolute Gasteiger partial charge is 0.494 e. The molecular weight excluding hydrogens is 416 g/mol. The number of carbonyl (C=O) groups is 3. The number of anilines is 1. The Morgan fingerprint density at radius 1 is 0.818 bits per heavy atom. The van der Waals surface area contributed by atoms with Crippen LogP contribution in [-0.4, -0.2) is 30.7 Å². The van der Waals surface area contributed by atoms with Crippen LogP contribution in [0.5, 0.6) is 5.75 Å². The first-order valence-corrected chi connectivity index (χ1v) is 11.0. The molecule has 0 bridgehead atoms. The molecule has 0 radical (unpaired) electrons. The van der Waals surface area contributed by atoms with Gasteiger partial charge in [-0.25, -0.2) is 0 Å². The first-order chi connectivity index (χ1) is 16.1. The van der Waals surface area contributed by atoms with Crippen LogP contribution in [0.15, 0.2) is 78.9 Å². The van der Waals surface area contributed by atoms with Gasteiger partial charge in [-0.1, -0.05) is 42.5 Å². The third-order valence-electron chi connectivity index (χ3n) is 5.05. The van der Waals surface area contributed by atoms with E-state index in [-0.39, 0.29) is 30.4 Å². The molecular formula is C27H28N2O4. The summed E-state index contributed by atoms with van der Waals surface area (Å²) in [6.07, 6.45) is 0.816. The van der Waals surface area contributed by atoms with Crippen molar-refractivity contribution in [2.45, 2.75) is 26.2 Å². The first kappa shape index (κ1) is 23.7. The predicted molar refractivity (Wildman–Crippen MR) is 129 cm³/mol. The van der Waals surface area contributed by atoms with Crippen LogP contribution in [0.25, 0.3) is 0 Å². The Kier molecular flexibility index (Phi) is 8.77. The second-order valence-electron chi connectivity index (χ2n) is 7.47. The lowest BCUT2D eigenvalue weighted by Crippen LogP contribution is -2.27. The zero-order valence-corrected chi connectivity index (χ0v) is 18.7. The zero-order valence-electron chi connectivity index (χ0n) is 18.7. The predicted octanol–water partition coefficient (Wildman–Crippen LogP) is 4.66. The van der Waals surface area contributed by atoms with Crippen LogP contribution in [0.3, 0.4) is 0 Å². The van der Waals surface area contributed by atoms with Crippen LogP contribution in [-0.2, 0) is 11.2 Å². The van der Waals surface area contributed by atoms with Gasteiger partial charge in [-0.2, -0.15) is 0 Å². The quantitative estimate of drug-likeness (QED) is 0.421. The smallest absolute Gasteiger partial charge is 0.253 e. The van der Waals surface area contributed by atoms with Crippen molar-refractivity contribution < 1.29 is 19.1 Å². The Morgan fingerprint density at radius 3 is 2.24 bits per heavy atom. The molecule has 33 heavy (non-hydrogen) atoms. The summed E-state index contributed by atoms with van der Waals surface area (Å²) in [5.74, 6) is -0.00305. The van der Waals surface area contributed by atoms with Gasteiger partial charge in [0.1, 0.15) is 5.75 Å². The molecule has 0 saturated carbocycles. The number of ketones is 1. The van der Waals surface area contributed by atoms with Crippen LogP contribution in [0.2, 0.25) is 0 Å². The number of benzene rings is 3. The van der Waals surface area contributed by atoms with Gasteiger partial charge in [0.25, 0.3) is 5.91 Å². The monoisotopic (exact) mass is 444 g/mol. The van der Waals surface area contributed by atoms with Crippen molar-refractivity contribution in [3.8, 4) is 5.75 Å². The standard InChI is InChI=1S/C27H28N2O4/c1-2-33-22-14-12-21(13-15-22)25(30)16-17-26(31)29-24-11-7-6-10-23(24)27(32)28-19-18-20-8-4-3-5-9-20/h3-15H,2,16-19H2,1H3,(H,28,32)(H,29,31). The van der Waals surface area contributed by atoms with Crippen molar-refractivity contribution >= 4 is 23.3 Å². The summed E-state index contributed by atoms with van der Waals surface area (Å²) in [5, 5.41) is 5.65. The highest BCUT2D eigenvalue weighted by Gasteiger charge is 2.14. The second-order valence-corrected chi connectivity index (χ2v) is 7.47. The summed E-state index contributed by atoms with van der Waals surface area (Å²) in [6, 6.07) is 23.6. The van der Waals surface area contributed by atoms with Crippen molar-refractivity contribution in [3.05, 3.63) is 95.6 Å². The van der Waals surface area contributed by atoms with E-state index < -0.39 is 0 Å². The van der Waals surface area contributed by atoms with Gasteiger partial charge in [0, 0.05) is 24.9 Å². The Bertz CT molecular complexity index is 1080. The van der Waals surface area contributed by atoms with Crippen LogP contribution in [0.4, 0.5) is 5.69 Å². The molecule has 0 aliphatic rings. The molecule has 0 aliphatic carbocycles. The van der Waals surface area contributed by atoms with Gasteiger partial charge < -0.3 is 15.4 Å². The molecule has 0 saturated heterocycles. The molecule has 170 valence electrons. The number of amides is 2. The Labute approximate surface area is 194 Å². The molecule has 3 aromatic rings. The molecule has 2 amide bonds. The summed E-state index contributed by atoms with van der Waals surface area (Å²) >= 11 is 0. The maximum atomic E-state index is 12.6. The molecule has 0 aromatic heterocycles. The molecule has 0 fully saturated rings. The third kappa shape index (κ3) is 7.31. The number of hydrogen-bond donors (Lipinski definition) is 2. The number of carbonyl (C=O) groups excluding carboxylic acids is 3. The molecule has 0 heterocycles. The Balaban J connectivity index is 1.51. The number of hydrogen-bond acceptors (Lipinski definition) is 4. The normalized spacial score (nSPS) is 10.3. The highest BCUT2D eigenvalue weighted by molar-refractivity contribution is 6.05. The molecule has 2 N–H and O–H groups in total. The zero-order chi connectivity index (χ0) is 23.5. The van der Waals surface area contributed by atoms with E-state index in [2.05, 4.69) is 10.6 Å². The lowest BCUT2D eigenvalue weighted by molar-refractivity contribution is -0.116. The van der Waals surface area contributed by atoms with Gasteiger partial charge in [-0.3, -0.25) is 14.4 Å². The number of rotatable bonds is 11. The molecule has 0 unspecified atom stereocenters. The van der Waals surface area contributed by atoms with E-state index in [1.54, 1.807) is 48.5 Å². The fourth-order valence-electron chi connectivity index (χ4n) is 3.34. The fourth-order valence-corrected chi connectivity index (χ4v) is 3.34. The average molecular weight is 445 g/mol. The van der Waals surface area contributed by atoms with E-state index >= 15 is 0 Å². The minimum absolute atomic E-state index is 0.0238. The van der Waals surface area contributed by atoms with Gasteiger partial charge in [0.05, 0.1) is 17.9 Å². The van der Waals surface area contributed by atoms with E-state index in [1.807, 2.05) is 37.3 Å². The van der Waals surface area contributed by atoms with Gasteiger partial charge >= 0.3 is 0 Å². The molecule has 6 heteroatoms. The molecule has 6 nitrogen and oxygen atoms in total. The van der Waals surface area contributed by atoms with Crippen molar-refractivity contribution in [3.63, 3.8) is 0 Å². The molecule has 0 atom stereocenters. The van der Waals surface area contributed by atoms with Crippen LogP contribution < -0.4 is 15.4 Å². The van der Waals surface area contributed by atoms with E-state index in [9.17, 15) is 14.4 Å². The summed E-state index contributed by atoms with van der Waals surface area (Å²) in [4.78, 5) is 37.5. The van der Waals surface area contributed by atoms with Crippen molar-refractivity contribution in [2.24, 2.45) is 0 Å². The highest BCUT2D eigenvalue weighted by Crippen LogP contribution is 2.17.